The Morgan fingerprint density at radius 3 is 2.82 bits per heavy atom. The van der Waals surface area contributed by atoms with Gasteiger partial charge in [-0.2, -0.15) is 14.6 Å². The van der Waals surface area contributed by atoms with Crippen LogP contribution in [0.25, 0.3) is 16.7 Å². The first-order valence-corrected chi connectivity index (χ1v) is 4.66. The van der Waals surface area contributed by atoms with Crippen molar-refractivity contribution in [3.8, 4) is 0 Å². The van der Waals surface area contributed by atoms with Crippen LogP contribution in [0.5, 0.6) is 0 Å². The number of nitrogens with two attached hydrogens (primary N) is 1. The highest BCUT2D eigenvalue weighted by Gasteiger charge is 2.13. The van der Waals surface area contributed by atoms with Gasteiger partial charge in [-0.05, 0) is 6.92 Å². The molecule has 0 radical (unpaired) electrons. The maximum atomic E-state index is 9.07. The van der Waals surface area contributed by atoms with E-state index in [9.17, 15) is 0 Å². The van der Waals surface area contributed by atoms with E-state index in [-0.39, 0.29) is 20.1 Å². The normalized spacial score (nSPS) is 10.9. The molecule has 90 valence electrons. The lowest BCUT2D eigenvalue weighted by molar-refractivity contribution is 0.199. The lowest BCUT2D eigenvalue weighted by Gasteiger charge is -2.00. The van der Waals surface area contributed by atoms with Crippen LogP contribution in [0.4, 0.5) is 5.95 Å². The third-order valence-corrected chi connectivity index (χ3v) is 2.34. The largest absolute Gasteiger partial charge is 0.374 e. The van der Waals surface area contributed by atoms with Gasteiger partial charge < -0.3 is 10.8 Å². The van der Waals surface area contributed by atoms with Gasteiger partial charge in [0.2, 0.25) is 5.95 Å². The van der Waals surface area contributed by atoms with E-state index in [1.165, 1.54) is 9.20 Å². The lowest BCUT2D eigenvalue weighted by Crippen LogP contribution is -2.05. The van der Waals surface area contributed by atoms with Gasteiger partial charge in [-0.15, -0.1) is 5.10 Å². The van der Waals surface area contributed by atoms with E-state index < -0.39 is 0 Å². The van der Waals surface area contributed by atoms with E-state index in [0.717, 1.165) is 0 Å². The van der Waals surface area contributed by atoms with Crippen LogP contribution in [0.3, 0.4) is 0 Å². The standard InChI is InChI=1S/C8H9N7O.CH4/c1-4-11-7-5-2-10-14(3-16)6(5)12-8(9)15(7)13-4;/h2,16H,3H2,1H3,(H2,9,12);1H4. The summed E-state index contributed by atoms with van der Waals surface area (Å²) in [6, 6.07) is 0. The molecule has 0 amide bonds. The van der Waals surface area contributed by atoms with E-state index in [0.29, 0.717) is 22.5 Å². The molecule has 3 rings (SSSR count). The molecule has 0 saturated heterocycles. The summed E-state index contributed by atoms with van der Waals surface area (Å²) in [7, 11) is 0. The number of aromatic nitrogens is 6. The molecule has 0 bridgehead atoms. The minimum Gasteiger partial charge on any atom is -0.374 e. The van der Waals surface area contributed by atoms with Gasteiger partial charge in [0.1, 0.15) is 12.6 Å². The van der Waals surface area contributed by atoms with Gasteiger partial charge in [-0.3, -0.25) is 0 Å². The van der Waals surface area contributed by atoms with Gasteiger partial charge in [-0.1, -0.05) is 7.43 Å². The number of rotatable bonds is 1. The molecule has 0 atom stereocenters. The quantitative estimate of drug-likeness (QED) is 0.612. The minimum absolute atomic E-state index is 0. The number of nitrogen functional groups attached to an aromatic ring is 1. The molecule has 3 aromatic rings. The average molecular weight is 235 g/mol. The minimum atomic E-state index is -0.251. The zero-order valence-corrected chi connectivity index (χ0v) is 8.49. The first kappa shape index (κ1) is 11.3. The summed E-state index contributed by atoms with van der Waals surface area (Å²) in [6.45, 7) is 1.52. The first-order chi connectivity index (χ1) is 7.70. The molecule has 17 heavy (non-hydrogen) atoms. The Balaban J connectivity index is 0.00000108. The molecule has 0 aromatic carbocycles. The Morgan fingerprint density at radius 1 is 1.35 bits per heavy atom. The fourth-order valence-electron chi connectivity index (χ4n) is 1.66. The SMILES string of the molecule is C.Cc1nc2c3cnn(CO)c3nc(N)n2n1. The third kappa shape index (κ3) is 1.41. The fourth-order valence-corrected chi connectivity index (χ4v) is 1.66. The summed E-state index contributed by atoms with van der Waals surface area (Å²) in [4.78, 5) is 8.37. The van der Waals surface area contributed by atoms with E-state index in [4.69, 9.17) is 10.8 Å². The maximum absolute atomic E-state index is 9.07. The Bertz CT molecular complexity index is 683. The Labute approximate surface area is 96.7 Å². The molecular formula is C9H13N7O. The number of anilines is 1. The zero-order valence-electron chi connectivity index (χ0n) is 8.49. The molecule has 0 fully saturated rings. The molecule has 3 aromatic heterocycles. The van der Waals surface area contributed by atoms with Crippen LogP contribution in [0.2, 0.25) is 0 Å². The molecule has 0 spiro atoms. The highest BCUT2D eigenvalue weighted by atomic mass is 16.3. The summed E-state index contributed by atoms with van der Waals surface area (Å²) in [5.74, 6) is 0.830. The van der Waals surface area contributed by atoms with Crippen molar-refractivity contribution in [2.24, 2.45) is 0 Å². The van der Waals surface area contributed by atoms with Crippen molar-refractivity contribution in [1.29, 1.82) is 0 Å². The monoisotopic (exact) mass is 235 g/mol. The Kier molecular flexibility index (Phi) is 2.43. The molecule has 3 N–H and O–H groups in total. The first-order valence-electron chi connectivity index (χ1n) is 4.66. The van der Waals surface area contributed by atoms with Gasteiger partial charge in [0.05, 0.1) is 11.6 Å². The average Bonchev–Trinajstić information content (AvgIpc) is 2.81. The van der Waals surface area contributed by atoms with Crippen LogP contribution in [0.1, 0.15) is 13.3 Å². The molecular weight excluding hydrogens is 222 g/mol. The van der Waals surface area contributed by atoms with E-state index in [2.05, 4.69) is 20.2 Å². The zero-order chi connectivity index (χ0) is 11.3. The second-order valence-corrected chi connectivity index (χ2v) is 3.39. The predicted octanol–water partition coefficient (Wildman–Crippen LogP) is -0.0495. The molecule has 0 aliphatic rings. The molecule has 8 nitrogen and oxygen atoms in total. The second kappa shape index (κ2) is 3.67. The molecule has 0 saturated carbocycles. The highest BCUT2D eigenvalue weighted by molar-refractivity contribution is 5.89. The van der Waals surface area contributed by atoms with Crippen molar-refractivity contribution in [1.82, 2.24) is 29.4 Å². The smallest absolute Gasteiger partial charge is 0.225 e. The van der Waals surface area contributed by atoms with Crippen LogP contribution in [-0.4, -0.2) is 34.5 Å². The second-order valence-electron chi connectivity index (χ2n) is 3.39. The Morgan fingerprint density at radius 2 is 2.12 bits per heavy atom. The Hall–Kier alpha value is -2.22. The van der Waals surface area contributed by atoms with E-state index in [1.54, 1.807) is 13.1 Å². The van der Waals surface area contributed by atoms with Crippen molar-refractivity contribution in [3.05, 3.63) is 12.0 Å². The third-order valence-electron chi connectivity index (χ3n) is 2.34. The fraction of sp³-hybridized carbons (Fsp3) is 0.333. The van der Waals surface area contributed by atoms with Gasteiger partial charge in [-0.25, -0.2) is 9.67 Å². The van der Waals surface area contributed by atoms with Gasteiger partial charge in [0.25, 0.3) is 0 Å². The van der Waals surface area contributed by atoms with Crippen LogP contribution >= 0.6 is 0 Å². The van der Waals surface area contributed by atoms with Crippen LogP contribution < -0.4 is 5.73 Å². The maximum Gasteiger partial charge on any atom is 0.225 e. The van der Waals surface area contributed by atoms with E-state index >= 15 is 0 Å². The number of hydrogen-bond acceptors (Lipinski definition) is 6. The summed E-state index contributed by atoms with van der Waals surface area (Å²) in [5.41, 5.74) is 6.84. The highest BCUT2D eigenvalue weighted by Crippen LogP contribution is 2.18. The van der Waals surface area contributed by atoms with Crippen LogP contribution in [0, 0.1) is 6.92 Å². The summed E-state index contributed by atoms with van der Waals surface area (Å²) >= 11 is 0. The van der Waals surface area contributed by atoms with Crippen molar-refractivity contribution < 1.29 is 5.11 Å². The molecule has 0 aliphatic carbocycles. The topological polar surface area (TPSA) is 107 Å². The molecule has 3 heterocycles. The van der Waals surface area contributed by atoms with Gasteiger partial charge in [0.15, 0.2) is 11.3 Å². The van der Waals surface area contributed by atoms with E-state index in [1.807, 2.05) is 0 Å². The summed E-state index contributed by atoms with van der Waals surface area (Å²) in [5, 5.41) is 17.9. The van der Waals surface area contributed by atoms with Gasteiger partial charge in [0, 0.05) is 0 Å². The van der Waals surface area contributed by atoms with Gasteiger partial charge >= 0.3 is 0 Å². The molecule has 8 heteroatoms. The number of fused-ring (bicyclic) bond motifs is 3. The lowest BCUT2D eigenvalue weighted by atomic mass is 10.4. The number of aliphatic hydroxyl groups is 1. The predicted molar refractivity (Wildman–Crippen MR) is 62.2 cm³/mol. The number of aryl methyl sites for hydroxylation is 1. The number of nitrogens with zero attached hydrogens (tertiary/aromatic N) is 6. The van der Waals surface area contributed by atoms with Crippen LogP contribution in [-0.2, 0) is 6.73 Å². The molecule has 0 aliphatic heterocycles. The van der Waals surface area contributed by atoms with Crippen molar-refractivity contribution in [2.45, 2.75) is 21.1 Å². The molecule has 0 unspecified atom stereocenters. The van der Waals surface area contributed by atoms with Crippen molar-refractivity contribution >= 4 is 22.6 Å². The number of aliphatic hydroxyl groups excluding tert-OH is 1. The van der Waals surface area contributed by atoms with Crippen LogP contribution in [0.15, 0.2) is 6.20 Å². The van der Waals surface area contributed by atoms with Crippen molar-refractivity contribution in [2.75, 3.05) is 5.73 Å². The number of hydrogen-bond donors (Lipinski definition) is 2. The summed E-state index contributed by atoms with van der Waals surface area (Å²) in [6.07, 6.45) is 1.58. The summed E-state index contributed by atoms with van der Waals surface area (Å²) < 4.78 is 2.80. The van der Waals surface area contributed by atoms with Crippen molar-refractivity contribution in [3.63, 3.8) is 0 Å².